The maximum atomic E-state index is 11.2. The van der Waals surface area contributed by atoms with E-state index in [-0.39, 0.29) is 0 Å². The van der Waals surface area contributed by atoms with Gasteiger partial charge in [-0.2, -0.15) is 5.10 Å². The average Bonchev–Trinajstić information content (AvgIpc) is 3.20. The Morgan fingerprint density at radius 2 is 2.04 bits per heavy atom. The molecule has 0 atom stereocenters. The highest BCUT2D eigenvalue weighted by Crippen LogP contribution is 2.23. The number of nitrogens with one attached hydrogen (secondary N) is 1. The van der Waals surface area contributed by atoms with E-state index in [4.69, 9.17) is 4.74 Å². The monoisotopic (exact) mass is 366 g/mol. The minimum absolute atomic E-state index is 0.392. The van der Waals surface area contributed by atoms with Crippen molar-refractivity contribution in [1.29, 1.82) is 0 Å². The molecule has 3 aromatic heterocycles. The van der Waals surface area contributed by atoms with Crippen LogP contribution in [-0.4, -0.2) is 31.2 Å². The SMILES string of the molecule is CC(C)(CCc1cc(COc2ccc(-c3ccn[nH]3)nc2)ccn1)C(=O)O. The van der Waals surface area contributed by atoms with E-state index in [0.29, 0.717) is 25.2 Å². The summed E-state index contributed by atoms with van der Waals surface area (Å²) in [4.78, 5) is 19.9. The van der Waals surface area contributed by atoms with Crippen LogP contribution in [0.25, 0.3) is 11.4 Å². The summed E-state index contributed by atoms with van der Waals surface area (Å²) in [6.45, 7) is 3.84. The number of carboxylic acids is 1. The van der Waals surface area contributed by atoms with Gasteiger partial charge in [-0.15, -0.1) is 0 Å². The number of hydrogen-bond donors (Lipinski definition) is 2. The van der Waals surface area contributed by atoms with Crippen molar-refractivity contribution < 1.29 is 14.6 Å². The fraction of sp³-hybridized carbons (Fsp3) is 0.300. The topological polar surface area (TPSA) is 101 Å². The van der Waals surface area contributed by atoms with E-state index in [1.54, 1.807) is 32.4 Å². The van der Waals surface area contributed by atoms with Crippen LogP contribution in [0.3, 0.4) is 0 Å². The van der Waals surface area contributed by atoms with Crippen LogP contribution in [0.1, 0.15) is 31.5 Å². The van der Waals surface area contributed by atoms with Gasteiger partial charge in [0.15, 0.2) is 0 Å². The van der Waals surface area contributed by atoms with Gasteiger partial charge in [-0.1, -0.05) is 0 Å². The molecule has 0 aromatic carbocycles. The van der Waals surface area contributed by atoms with E-state index >= 15 is 0 Å². The van der Waals surface area contributed by atoms with E-state index in [1.165, 1.54) is 0 Å². The molecule has 0 amide bonds. The molecule has 0 fully saturated rings. The first-order chi connectivity index (χ1) is 12.9. The Bertz CT molecular complexity index is 890. The third kappa shape index (κ3) is 4.91. The number of aromatic amines is 1. The molecule has 7 nitrogen and oxygen atoms in total. The van der Waals surface area contributed by atoms with Gasteiger partial charge in [0.1, 0.15) is 12.4 Å². The molecule has 0 saturated carbocycles. The molecule has 0 aliphatic heterocycles. The lowest BCUT2D eigenvalue weighted by molar-refractivity contribution is -0.147. The van der Waals surface area contributed by atoms with Crippen LogP contribution in [-0.2, 0) is 17.8 Å². The van der Waals surface area contributed by atoms with Gasteiger partial charge in [-0.05, 0) is 62.6 Å². The first-order valence-corrected chi connectivity index (χ1v) is 8.70. The van der Waals surface area contributed by atoms with E-state index in [2.05, 4.69) is 20.2 Å². The Morgan fingerprint density at radius 1 is 1.19 bits per heavy atom. The fourth-order valence-corrected chi connectivity index (χ4v) is 2.49. The maximum Gasteiger partial charge on any atom is 0.309 e. The molecular weight excluding hydrogens is 344 g/mol. The standard InChI is InChI=1S/C20H22N4O3/c1-20(2,19(25)26)8-5-15-11-14(6-9-21-15)13-27-16-3-4-17(22-12-16)18-7-10-23-24-18/h3-4,6-7,9-12H,5,8,13H2,1-2H3,(H,23,24)(H,25,26). The highest BCUT2D eigenvalue weighted by atomic mass is 16.5. The number of H-pyrrole nitrogens is 1. The molecule has 0 aliphatic rings. The first-order valence-electron chi connectivity index (χ1n) is 8.70. The van der Waals surface area contributed by atoms with Crippen molar-refractivity contribution >= 4 is 5.97 Å². The van der Waals surface area contributed by atoms with Crippen molar-refractivity contribution in [2.24, 2.45) is 5.41 Å². The lowest BCUT2D eigenvalue weighted by atomic mass is 9.87. The average molecular weight is 366 g/mol. The minimum atomic E-state index is -0.798. The Morgan fingerprint density at radius 3 is 2.70 bits per heavy atom. The number of carboxylic acid groups (broad SMARTS) is 1. The summed E-state index contributed by atoms with van der Waals surface area (Å²) in [6.07, 6.45) is 6.21. The first kappa shape index (κ1) is 18.6. The normalized spacial score (nSPS) is 11.3. The largest absolute Gasteiger partial charge is 0.487 e. The lowest BCUT2D eigenvalue weighted by Crippen LogP contribution is -2.24. The van der Waals surface area contributed by atoms with Crippen LogP contribution in [0.5, 0.6) is 5.75 Å². The molecule has 0 spiro atoms. The summed E-state index contributed by atoms with van der Waals surface area (Å²) in [7, 11) is 0. The molecule has 3 rings (SSSR count). The Balaban J connectivity index is 1.57. The summed E-state index contributed by atoms with van der Waals surface area (Å²) >= 11 is 0. The van der Waals surface area contributed by atoms with E-state index < -0.39 is 11.4 Å². The van der Waals surface area contributed by atoms with Crippen LogP contribution in [0.2, 0.25) is 0 Å². The third-order valence-corrected chi connectivity index (χ3v) is 4.38. The minimum Gasteiger partial charge on any atom is -0.487 e. The Kier molecular flexibility index (Phi) is 5.49. The van der Waals surface area contributed by atoms with Gasteiger partial charge in [0, 0.05) is 18.1 Å². The van der Waals surface area contributed by atoms with Gasteiger partial charge in [0.05, 0.1) is 23.0 Å². The van der Waals surface area contributed by atoms with Crippen LogP contribution in [0, 0.1) is 5.41 Å². The van der Waals surface area contributed by atoms with Gasteiger partial charge in [0.2, 0.25) is 0 Å². The van der Waals surface area contributed by atoms with Crippen molar-refractivity contribution in [3.63, 3.8) is 0 Å². The van der Waals surface area contributed by atoms with Crippen molar-refractivity contribution in [3.05, 3.63) is 60.2 Å². The van der Waals surface area contributed by atoms with Gasteiger partial charge < -0.3 is 9.84 Å². The molecule has 0 bridgehead atoms. The molecule has 0 saturated heterocycles. The molecule has 3 heterocycles. The zero-order valence-electron chi connectivity index (χ0n) is 15.3. The molecule has 0 unspecified atom stereocenters. The zero-order chi connectivity index (χ0) is 19.3. The molecule has 7 heteroatoms. The molecule has 27 heavy (non-hydrogen) atoms. The maximum absolute atomic E-state index is 11.2. The predicted molar refractivity (Wildman–Crippen MR) is 100 cm³/mol. The second kappa shape index (κ2) is 7.99. The molecule has 0 radical (unpaired) electrons. The van der Waals surface area contributed by atoms with Crippen molar-refractivity contribution in [2.45, 2.75) is 33.3 Å². The highest BCUT2D eigenvalue weighted by molar-refractivity contribution is 5.73. The smallest absolute Gasteiger partial charge is 0.309 e. The van der Waals surface area contributed by atoms with Crippen LogP contribution >= 0.6 is 0 Å². The number of aliphatic carboxylic acids is 1. The van der Waals surface area contributed by atoms with Crippen LogP contribution in [0.4, 0.5) is 0 Å². The summed E-state index contributed by atoms with van der Waals surface area (Å²) < 4.78 is 5.79. The molecule has 3 aromatic rings. The van der Waals surface area contributed by atoms with Gasteiger partial charge >= 0.3 is 5.97 Å². The number of ether oxygens (including phenoxy) is 1. The number of rotatable bonds is 8. The predicted octanol–water partition coefficient (Wildman–Crippen LogP) is 3.49. The summed E-state index contributed by atoms with van der Waals surface area (Å²) in [6, 6.07) is 9.42. The van der Waals surface area contributed by atoms with Gasteiger partial charge in [-0.25, -0.2) is 0 Å². The summed E-state index contributed by atoms with van der Waals surface area (Å²) in [5, 5.41) is 16.0. The Hall–Kier alpha value is -3.22. The van der Waals surface area contributed by atoms with E-state index in [1.807, 2.05) is 30.3 Å². The van der Waals surface area contributed by atoms with E-state index in [0.717, 1.165) is 22.6 Å². The number of nitrogens with zero attached hydrogens (tertiary/aromatic N) is 3. The number of aromatic nitrogens is 4. The second-order valence-corrected chi connectivity index (χ2v) is 6.98. The zero-order valence-corrected chi connectivity index (χ0v) is 15.3. The second-order valence-electron chi connectivity index (χ2n) is 6.98. The highest BCUT2D eigenvalue weighted by Gasteiger charge is 2.26. The quantitative estimate of drug-likeness (QED) is 0.633. The van der Waals surface area contributed by atoms with Crippen molar-refractivity contribution in [3.8, 4) is 17.1 Å². The lowest BCUT2D eigenvalue weighted by Gasteiger charge is -2.18. The number of pyridine rings is 2. The van der Waals surface area contributed by atoms with Crippen molar-refractivity contribution in [2.75, 3.05) is 0 Å². The summed E-state index contributed by atoms with van der Waals surface area (Å²) in [5.41, 5.74) is 2.72. The third-order valence-electron chi connectivity index (χ3n) is 4.38. The van der Waals surface area contributed by atoms with Crippen LogP contribution in [0.15, 0.2) is 48.9 Å². The number of hydrogen-bond acceptors (Lipinski definition) is 5. The summed E-state index contributed by atoms with van der Waals surface area (Å²) in [5.74, 6) is -0.128. The van der Waals surface area contributed by atoms with Gasteiger partial charge in [-0.3, -0.25) is 19.9 Å². The number of carbonyl (C=O) groups is 1. The number of aryl methyl sites for hydroxylation is 1. The van der Waals surface area contributed by atoms with Crippen molar-refractivity contribution in [1.82, 2.24) is 20.2 Å². The molecule has 0 aliphatic carbocycles. The fourth-order valence-electron chi connectivity index (χ4n) is 2.49. The Labute approximate surface area is 157 Å². The molecule has 140 valence electrons. The van der Waals surface area contributed by atoms with Gasteiger partial charge in [0.25, 0.3) is 0 Å². The molecular formula is C20H22N4O3. The van der Waals surface area contributed by atoms with Crippen LogP contribution < -0.4 is 4.74 Å². The molecule has 2 N–H and O–H groups in total. The van der Waals surface area contributed by atoms with E-state index in [9.17, 15) is 9.90 Å².